The van der Waals surface area contributed by atoms with E-state index in [1.165, 1.54) is 38.5 Å². The van der Waals surface area contributed by atoms with E-state index in [1.54, 1.807) is 4.90 Å². The van der Waals surface area contributed by atoms with Gasteiger partial charge in [-0.2, -0.15) is 0 Å². The van der Waals surface area contributed by atoms with Crippen LogP contribution in [0.5, 0.6) is 0 Å². The highest BCUT2D eigenvalue weighted by Gasteiger charge is 2.46. The first-order valence-corrected chi connectivity index (χ1v) is 14.4. The molecule has 2 aromatic rings. The van der Waals surface area contributed by atoms with Crippen molar-refractivity contribution in [3.05, 3.63) is 34.6 Å². The molecule has 3 saturated heterocycles. The second-order valence-electron chi connectivity index (χ2n) is 12.2. The maximum absolute atomic E-state index is 14.1. The van der Waals surface area contributed by atoms with Crippen molar-refractivity contribution in [3.63, 3.8) is 0 Å². The van der Waals surface area contributed by atoms with Gasteiger partial charge in [0.05, 0.1) is 24.2 Å². The van der Waals surface area contributed by atoms with Crippen LogP contribution < -0.4 is 10.5 Å². The first-order valence-electron chi connectivity index (χ1n) is 14.4. The van der Waals surface area contributed by atoms with Gasteiger partial charge in [-0.15, -0.1) is 0 Å². The van der Waals surface area contributed by atoms with Crippen molar-refractivity contribution < 1.29 is 14.6 Å². The lowest BCUT2D eigenvalue weighted by molar-refractivity contribution is -0.138. The number of fused-ring (bicyclic) bond motifs is 5. The molecular formula is C29H38N4O4. The number of nitrogens with zero attached hydrogens (tertiary/aromatic N) is 4. The fourth-order valence-electron chi connectivity index (χ4n) is 8.63. The minimum atomic E-state index is -0.879. The number of piperidine rings is 1. The summed E-state index contributed by atoms with van der Waals surface area (Å²) in [5.41, 5.74) is 1.47. The molecule has 37 heavy (non-hydrogen) atoms. The largest absolute Gasteiger partial charge is 0.480 e. The third-order valence-corrected chi connectivity index (χ3v) is 10.0. The zero-order valence-electron chi connectivity index (χ0n) is 21.5. The van der Waals surface area contributed by atoms with Crippen LogP contribution in [0.3, 0.4) is 0 Å². The number of para-hydroxylation sites is 2. The number of anilines is 1. The molecule has 8 heteroatoms. The van der Waals surface area contributed by atoms with Crippen LogP contribution in [0.2, 0.25) is 0 Å². The van der Waals surface area contributed by atoms with E-state index in [2.05, 4.69) is 4.90 Å². The lowest BCUT2D eigenvalue weighted by Gasteiger charge is -2.55. The smallest absolute Gasteiger partial charge is 0.326 e. The third-order valence-electron chi connectivity index (χ3n) is 10.0. The summed E-state index contributed by atoms with van der Waals surface area (Å²) in [5, 5.41) is 9.79. The van der Waals surface area contributed by atoms with Crippen LogP contribution >= 0.6 is 0 Å². The highest BCUT2D eigenvalue weighted by Crippen LogP contribution is 2.45. The molecule has 5 aliphatic rings. The van der Waals surface area contributed by atoms with E-state index in [-0.39, 0.29) is 11.6 Å². The Labute approximate surface area is 217 Å². The van der Waals surface area contributed by atoms with E-state index < -0.39 is 12.0 Å². The minimum absolute atomic E-state index is 0.0586. The number of rotatable bonds is 4. The Kier molecular flexibility index (Phi) is 6.00. The van der Waals surface area contributed by atoms with Gasteiger partial charge in [-0.25, -0.2) is 9.78 Å². The molecule has 1 aromatic carbocycles. The molecule has 198 valence electrons. The van der Waals surface area contributed by atoms with E-state index in [0.29, 0.717) is 36.9 Å². The highest BCUT2D eigenvalue weighted by atomic mass is 16.5. The molecule has 1 aromatic heterocycles. The summed E-state index contributed by atoms with van der Waals surface area (Å²) in [7, 11) is 0. The summed E-state index contributed by atoms with van der Waals surface area (Å²) in [6, 6.07) is 8.51. The van der Waals surface area contributed by atoms with E-state index in [0.717, 1.165) is 55.3 Å². The Balaban J connectivity index is 1.24. The van der Waals surface area contributed by atoms with E-state index in [4.69, 9.17) is 9.72 Å². The fraction of sp³-hybridized carbons (Fsp3) is 0.690. The second-order valence-corrected chi connectivity index (χ2v) is 12.2. The summed E-state index contributed by atoms with van der Waals surface area (Å²) >= 11 is 0. The molecule has 5 fully saturated rings. The molecule has 0 radical (unpaired) electrons. The van der Waals surface area contributed by atoms with E-state index >= 15 is 0 Å². The molecular weight excluding hydrogens is 468 g/mol. The molecule has 1 N–H and O–H groups in total. The number of morpholine rings is 1. The highest BCUT2D eigenvalue weighted by molar-refractivity contribution is 5.80. The summed E-state index contributed by atoms with van der Waals surface area (Å²) < 4.78 is 8.05. The van der Waals surface area contributed by atoms with Crippen LogP contribution in [0.1, 0.15) is 70.3 Å². The molecule has 0 spiro atoms. The standard InChI is InChI=1S/C29H38N4O4/c34-28-27(31-10-4-9-26(31)29(35)36)30-24-7-1-2-8-25(24)33(28)21-14-22-16-37-17-23(15-21)32(22)20-12-18-5-3-6-19(11-18)13-20/h1-2,7-8,18-23,26H,3-6,9-17H2,(H,35,36)/t18-,19+,20+,21-,22-,23+,26-/m0/s1. The van der Waals surface area contributed by atoms with Crippen LogP contribution in [-0.2, 0) is 9.53 Å². The normalized spacial score (nSPS) is 36.1. The number of hydrogen-bond acceptors (Lipinski definition) is 6. The summed E-state index contributed by atoms with van der Waals surface area (Å²) in [6.45, 7) is 2.02. The first kappa shape index (κ1) is 23.7. The van der Waals surface area contributed by atoms with Gasteiger partial charge in [0.15, 0.2) is 5.82 Å². The molecule has 7 rings (SSSR count). The van der Waals surface area contributed by atoms with Gasteiger partial charge in [0.1, 0.15) is 6.04 Å². The van der Waals surface area contributed by atoms with Gasteiger partial charge in [0, 0.05) is 30.7 Å². The van der Waals surface area contributed by atoms with Crippen molar-refractivity contribution in [2.45, 2.75) is 94.4 Å². The number of ether oxygens (including phenoxy) is 1. The van der Waals surface area contributed by atoms with Gasteiger partial charge in [0.2, 0.25) is 0 Å². The molecule has 4 bridgehead atoms. The van der Waals surface area contributed by atoms with Gasteiger partial charge in [-0.3, -0.25) is 9.69 Å². The number of benzene rings is 1. The maximum Gasteiger partial charge on any atom is 0.326 e. The second kappa shape index (κ2) is 9.38. The molecule has 0 amide bonds. The van der Waals surface area contributed by atoms with Crippen molar-refractivity contribution in [1.82, 2.24) is 14.5 Å². The zero-order valence-corrected chi connectivity index (χ0v) is 21.5. The van der Waals surface area contributed by atoms with Crippen LogP contribution in [0.4, 0.5) is 5.82 Å². The molecule has 3 aliphatic heterocycles. The summed E-state index contributed by atoms with van der Waals surface area (Å²) in [5.74, 6) is 1.19. The van der Waals surface area contributed by atoms with Gasteiger partial charge in [-0.05, 0) is 68.9 Å². The van der Waals surface area contributed by atoms with Crippen LogP contribution in [0.25, 0.3) is 11.0 Å². The lowest BCUT2D eigenvalue weighted by atomic mass is 9.69. The molecule has 4 heterocycles. The minimum Gasteiger partial charge on any atom is -0.480 e. The lowest BCUT2D eigenvalue weighted by Crippen LogP contribution is -2.62. The monoisotopic (exact) mass is 506 g/mol. The van der Waals surface area contributed by atoms with Crippen LogP contribution in [0.15, 0.2) is 29.1 Å². The van der Waals surface area contributed by atoms with Crippen molar-refractivity contribution in [1.29, 1.82) is 0 Å². The number of carboxylic acids is 1. The number of hydrogen-bond donors (Lipinski definition) is 1. The van der Waals surface area contributed by atoms with Gasteiger partial charge in [0.25, 0.3) is 5.56 Å². The SMILES string of the molecule is O=C(O)[C@@H]1CCCN1c1nc2ccccc2n([C@H]2C[C@H]3COC[C@@H](C2)N3[C@H]2C[C@@H]3CCC[C@@H](C3)C2)c1=O. The number of carbonyl (C=O) groups is 1. The van der Waals surface area contributed by atoms with Gasteiger partial charge >= 0.3 is 5.97 Å². The van der Waals surface area contributed by atoms with Crippen LogP contribution in [0, 0.1) is 11.8 Å². The molecule has 2 saturated carbocycles. The van der Waals surface area contributed by atoms with Crippen molar-refractivity contribution in [2.75, 3.05) is 24.7 Å². The van der Waals surface area contributed by atoms with E-state index in [9.17, 15) is 14.7 Å². The average molecular weight is 507 g/mol. The number of carboxylic acid groups (broad SMARTS) is 1. The molecule has 0 unspecified atom stereocenters. The third kappa shape index (κ3) is 4.07. The molecule has 7 atom stereocenters. The van der Waals surface area contributed by atoms with Gasteiger partial charge < -0.3 is 19.3 Å². The van der Waals surface area contributed by atoms with Crippen molar-refractivity contribution >= 4 is 22.8 Å². The Morgan fingerprint density at radius 2 is 1.62 bits per heavy atom. The summed E-state index contributed by atoms with van der Waals surface area (Å²) in [4.78, 5) is 35.3. The van der Waals surface area contributed by atoms with Crippen molar-refractivity contribution in [2.24, 2.45) is 11.8 Å². The summed E-state index contributed by atoms with van der Waals surface area (Å²) in [6.07, 6.45) is 11.3. The molecule has 2 aliphatic carbocycles. The number of aromatic nitrogens is 2. The predicted molar refractivity (Wildman–Crippen MR) is 141 cm³/mol. The fourth-order valence-corrected chi connectivity index (χ4v) is 8.63. The Hall–Kier alpha value is -2.45. The number of aliphatic carboxylic acids is 1. The Bertz CT molecular complexity index is 1220. The topological polar surface area (TPSA) is 87.9 Å². The first-order chi connectivity index (χ1) is 18.1. The average Bonchev–Trinajstić information content (AvgIpc) is 3.38. The quantitative estimate of drug-likeness (QED) is 0.674. The maximum atomic E-state index is 14.1. The Morgan fingerprint density at radius 3 is 2.35 bits per heavy atom. The predicted octanol–water partition coefficient (Wildman–Crippen LogP) is 3.82. The molecule has 8 nitrogen and oxygen atoms in total. The zero-order chi connectivity index (χ0) is 25.1. The van der Waals surface area contributed by atoms with E-state index in [1.807, 2.05) is 28.8 Å². The van der Waals surface area contributed by atoms with Crippen LogP contribution in [-0.4, -0.2) is 69.5 Å². The Morgan fingerprint density at radius 1 is 0.892 bits per heavy atom. The van der Waals surface area contributed by atoms with Crippen molar-refractivity contribution in [3.8, 4) is 0 Å². The van der Waals surface area contributed by atoms with Gasteiger partial charge in [-0.1, -0.05) is 31.4 Å².